The summed E-state index contributed by atoms with van der Waals surface area (Å²) in [6, 6.07) is 4.80. The molecule has 1 saturated heterocycles. The number of esters is 1. The van der Waals surface area contributed by atoms with Crippen LogP contribution in [0.3, 0.4) is 0 Å². The zero-order valence-electron chi connectivity index (χ0n) is 11.3. The van der Waals surface area contributed by atoms with Gasteiger partial charge in [0.05, 0.1) is 12.8 Å². The summed E-state index contributed by atoms with van der Waals surface area (Å²) in [5, 5.41) is 3.13. The number of amides is 1. The highest BCUT2D eigenvalue weighted by Gasteiger charge is 2.27. The number of pyridine rings is 1. The predicted octanol–water partition coefficient (Wildman–Crippen LogP) is -0.873. The van der Waals surface area contributed by atoms with Crippen molar-refractivity contribution >= 4 is 11.9 Å². The van der Waals surface area contributed by atoms with Gasteiger partial charge < -0.3 is 15.8 Å². The molecule has 0 bridgehead atoms. The fourth-order valence-corrected chi connectivity index (χ4v) is 2.21. The summed E-state index contributed by atoms with van der Waals surface area (Å²) in [4.78, 5) is 29.1. The van der Waals surface area contributed by atoms with E-state index in [9.17, 15) is 9.59 Å². The van der Waals surface area contributed by atoms with Crippen molar-refractivity contribution in [2.45, 2.75) is 12.6 Å². The Hall–Kier alpha value is -1.99. The summed E-state index contributed by atoms with van der Waals surface area (Å²) in [6.45, 7) is 2.50. The Morgan fingerprint density at radius 3 is 3.05 bits per heavy atom. The number of carbonyl (C=O) groups excluding carboxylic acids is 2. The first-order chi connectivity index (χ1) is 9.61. The lowest BCUT2D eigenvalue weighted by atomic mass is 10.1. The summed E-state index contributed by atoms with van der Waals surface area (Å²) < 4.78 is 4.64. The van der Waals surface area contributed by atoms with Crippen LogP contribution in [0.15, 0.2) is 18.2 Å². The zero-order valence-corrected chi connectivity index (χ0v) is 11.3. The fourth-order valence-electron chi connectivity index (χ4n) is 2.21. The van der Waals surface area contributed by atoms with E-state index in [2.05, 4.69) is 15.0 Å². The number of ether oxygens (including phenoxy) is 1. The average Bonchev–Trinajstić information content (AvgIpc) is 2.47. The van der Waals surface area contributed by atoms with Crippen LogP contribution < -0.4 is 11.1 Å². The number of methoxy groups -OCH3 is 1. The van der Waals surface area contributed by atoms with Crippen LogP contribution in [0.1, 0.15) is 16.2 Å². The first-order valence-corrected chi connectivity index (χ1v) is 6.40. The number of hydrogen-bond donors (Lipinski definition) is 2. The second kappa shape index (κ2) is 6.44. The van der Waals surface area contributed by atoms with E-state index in [-0.39, 0.29) is 17.6 Å². The maximum Gasteiger partial charge on any atom is 0.356 e. The Morgan fingerprint density at radius 1 is 1.55 bits per heavy atom. The summed E-state index contributed by atoms with van der Waals surface area (Å²) in [6.07, 6.45) is 0. The van der Waals surface area contributed by atoms with Gasteiger partial charge in [-0.05, 0) is 12.1 Å². The minimum Gasteiger partial charge on any atom is -0.464 e. The minimum absolute atomic E-state index is 0.260. The Balaban J connectivity index is 2.12. The molecular formula is C13H18N4O3. The molecule has 1 aromatic rings. The van der Waals surface area contributed by atoms with Gasteiger partial charge >= 0.3 is 5.97 Å². The molecule has 0 aliphatic carbocycles. The molecule has 1 fully saturated rings. The number of hydrogen-bond acceptors (Lipinski definition) is 6. The lowest BCUT2D eigenvalue weighted by Gasteiger charge is -2.33. The highest BCUT2D eigenvalue weighted by molar-refractivity contribution is 5.87. The highest BCUT2D eigenvalue weighted by Crippen LogP contribution is 2.10. The second-order valence-corrected chi connectivity index (χ2v) is 4.60. The molecule has 3 N–H and O–H groups in total. The summed E-state index contributed by atoms with van der Waals surface area (Å²) in [5.74, 6) is -0.833. The van der Waals surface area contributed by atoms with E-state index in [4.69, 9.17) is 5.73 Å². The third kappa shape index (κ3) is 3.31. The minimum atomic E-state index is -0.474. The molecule has 7 nitrogen and oxygen atoms in total. The molecular weight excluding hydrogens is 260 g/mol. The van der Waals surface area contributed by atoms with Crippen LogP contribution in [-0.4, -0.2) is 54.5 Å². The molecule has 0 spiro atoms. The summed E-state index contributed by atoms with van der Waals surface area (Å²) in [7, 11) is 1.32. The molecule has 1 unspecified atom stereocenters. The van der Waals surface area contributed by atoms with E-state index >= 15 is 0 Å². The molecule has 1 aliphatic rings. The molecule has 1 aliphatic heterocycles. The molecule has 7 heteroatoms. The molecule has 1 amide bonds. The number of primary amides is 1. The van der Waals surface area contributed by atoms with Gasteiger partial charge in [-0.2, -0.15) is 0 Å². The van der Waals surface area contributed by atoms with E-state index in [1.807, 2.05) is 11.0 Å². The molecule has 0 aromatic carbocycles. The van der Waals surface area contributed by atoms with Crippen LogP contribution in [-0.2, 0) is 16.1 Å². The number of nitrogens with two attached hydrogens (primary N) is 1. The van der Waals surface area contributed by atoms with Gasteiger partial charge in [0.1, 0.15) is 11.7 Å². The Bertz CT molecular complexity index is 506. The number of aromatic nitrogens is 1. The number of rotatable bonds is 4. The van der Waals surface area contributed by atoms with Crippen LogP contribution in [0.25, 0.3) is 0 Å². The standard InChI is InChI=1S/C13H18N4O3/c1-20-13(19)10-4-2-3-9(16-10)8-17-6-5-15-7-11(17)12(14)18/h2-4,11,15H,5-8H2,1H3,(H2,14,18). The van der Waals surface area contributed by atoms with Crippen LogP contribution in [0.5, 0.6) is 0 Å². The maximum atomic E-state index is 11.4. The van der Waals surface area contributed by atoms with Crippen LogP contribution in [0.4, 0.5) is 0 Å². The second-order valence-electron chi connectivity index (χ2n) is 4.60. The van der Waals surface area contributed by atoms with Crippen molar-refractivity contribution < 1.29 is 14.3 Å². The number of nitrogens with zero attached hydrogens (tertiary/aromatic N) is 2. The van der Waals surface area contributed by atoms with Crippen molar-refractivity contribution in [2.24, 2.45) is 5.73 Å². The van der Waals surface area contributed by atoms with Gasteiger partial charge in [0, 0.05) is 26.2 Å². The summed E-state index contributed by atoms with van der Waals surface area (Å²) in [5.41, 5.74) is 6.37. The monoisotopic (exact) mass is 278 g/mol. The van der Waals surface area contributed by atoms with Crippen molar-refractivity contribution in [3.8, 4) is 0 Å². The lowest BCUT2D eigenvalue weighted by Crippen LogP contribution is -2.56. The van der Waals surface area contributed by atoms with Gasteiger partial charge in [0.25, 0.3) is 0 Å². The quantitative estimate of drug-likeness (QED) is 0.695. The molecule has 2 heterocycles. The van der Waals surface area contributed by atoms with Gasteiger partial charge in [-0.25, -0.2) is 9.78 Å². The van der Waals surface area contributed by atoms with Crippen molar-refractivity contribution in [1.82, 2.24) is 15.2 Å². The van der Waals surface area contributed by atoms with Crippen molar-refractivity contribution in [1.29, 1.82) is 0 Å². The molecule has 0 saturated carbocycles. The lowest BCUT2D eigenvalue weighted by molar-refractivity contribution is -0.124. The molecule has 1 aromatic heterocycles. The van der Waals surface area contributed by atoms with E-state index in [1.54, 1.807) is 12.1 Å². The van der Waals surface area contributed by atoms with Crippen molar-refractivity contribution in [3.63, 3.8) is 0 Å². The molecule has 1 atom stereocenters. The predicted molar refractivity (Wildman–Crippen MR) is 71.8 cm³/mol. The van der Waals surface area contributed by atoms with E-state index in [0.717, 1.165) is 6.54 Å². The Labute approximate surface area is 117 Å². The average molecular weight is 278 g/mol. The third-order valence-electron chi connectivity index (χ3n) is 3.25. The Morgan fingerprint density at radius 2 is 2.35 bits per heavy atom. The highest BCUT2D eigenvalue weighted by atomic mass is 16.5. The first-order valence-electron chi connectivity index (χ1n) is 6.40. The van der Waals surface area contributed by atoms with Crippen LogP contribution >= 0.6 is 0 Å². The molecule has 20 heavy (non-hydrogen) atoms. The Kier molecular flexibility index (Phi) is 4.65. The molecule has 0 radical (unpaired) electrons. The van der Waals surface area contributed by atoms with Crippen LogP contribution in [0, 0.1) is 0 Å². The normalized spacial score (nSPS) is 19.6. The topological polar surface area (TPSA) is 97.5 Å². The van der Waals surface area contributed by atoms with Crippen LogP contribution in [0.2, 0.25) is 0 Å². The van der Waals surface area contributed by atoms with Crippen molar-refractivity contribution in [3.05, 3.63) is 29.6 Å². The largest absolute Gasteiger partial charge is 0.464 e. The molecule has 2 rings (SSSR count). The van der Waals surface area contributed by atoms with Gasteiger partial charge in [-0.3, -0.25) is 9.69 Å². The SMILES string of the molecule is COC(=O)c1cccc(CN2CCNCC2C(N)=O)n1. The van der Waals surface area contributed by atoms with E-state index < -0.39 is 5.97 Å². The fraction of sp³-hybridized carbons (Fsp3) is 0.462. The zero-order chi connectivity index (χ0) is 14.5. The smallest absolute Gasteiger partial charge is 0.356 e. The summed E-state index contributed by atoms with van der Waals surface area (Å²) >= 11 is 0. The number of carbonyl (C=O) groups is 2. The van der Waals surface area contributed by atoms with E-state index in [0.29, 0.717) is 25.3 Å². The first kappa shape index (κ1) is 14.4. The van der Waals surface area contributed by atoms with Crippen molar-refractivity contribution in [2.75, 3.05) is 26.7 Å². The maximum absolute atomic E-state index is 11.4. The molecule has 108 valence electrons. The third-order valence-corrected chi connectivity index (χ3v) is 3.25. The van der Waals surface area contributed by atoms with Gasteiger partial charge in [-0.15, -0.1) is 0 Å². The van der Waals surface area contributed by atoms with Gasteiger partial charge in [0.15, 0.2) is 0 Å². The van der Waals surface area contributed by atoms with E-state index in [1.165, 1.54) is 7.11 Å². The number of piperazine rings is 1. The number of nitrogens with one attached hydrogen (secondary N) is 1. The van der Waals surface area contributed by atoms with Gasteiger partial charge in [0.2, 0.25) is 5.91 Å². The van der Waals surface area contributed by atoms with Gasteiger partial charge in [-0.1, -0.05) is 6.07 Å².